The molecular formula is C13H11N3O2S. The first-order chi connectivity index (χ1) is 9.24. The summed E-state index contributed by atoms with van der Waals surface area (Å²) in [7, 11) is 0. The van der Waals surface area contributed by atoms with E-state index in [4.69, 9.17) is 10.00 Å². The van der Waals surface area contributed by atoms with Crippen LogP contribution in [0.4, 0.5) is 4.79 Å². The van der Waals surface area contributed by atoms with Crippen LogP contribution in [-0.2, 0) is 4.74 Å². The van der Waals surface area contributed by atoms with Gasteiger partial charge in [-0.3, -0.25) is 4.57 Å². The van der Waals surface area contributed by atoms with Gasteiger partial charge in [0.1, 0.15) is 0 Å². The van der Waals surface area contributed by atoms with E-state index in [0.717, 1.165) is 5.69 Å². The molecular weight excluding hydrogens is 262 g/mol. The molecule has 0 fully saturated rings. The molecule has 19 heavy (non-hydrogen) atoms. The highest BCUT2D eigenvalue weighted by Crippen LogP contribution is 2.09. The predicted octanol–water partition coefficient (Wildman–Crippen LogP) is 2.47. The Morgan fingerprint density at radius 3 is 3.16 bits per heavy atom. The highest BCUT2D eigenvalue weighted by Gasteiger charge is 2.03. The first-order valence-electron chi connectivity index (χ1n) is 5.62. The number of nitrogens with zero attached hydrogens (tertiary/aromatic N) is 3. The largest absolute Gasteiger partial charge is 0.448 e. The maximum absolute atomic E-state index is 11.4. The standard InChI is InChI=1S/C13H11N3O2S/c1-2-18-13(17)15-12-16(6-7-19-12)11-5-3-4-10(8-11)9-14/h3-8H,2H2,1H3/b15-12-. The summed E-state index contributed by atoms with van der Waals surface area (Å²) in [5.41, 5.74) is 1.33. The van der Waals surface area contributed by atoms with Crippen LogP contribution in [0.2, 0.25) is 0 Å². The Labute approximate surface area is 114 Å². The second-order valence-electron chi connectivity index (χ2n) is 3.53. The zero-order valence-electron chi connectivity index (χ0n) is 10.2. The van der Waals surface area contributed by atoms with Gasteiger partial charge in [-0.2, -0.15) is 5.26 Å². The SMILES string of the molecule is CCOC(=O)/N=c1\sccn1-c1cccc(C#N)c1. The van der Waals surface area contributed by atoms with Crippen LogP contribution >= 0.6 is 11.3 Å². The van der Waals surface area contributed by atoms with E-state index in [0.29, 0.717) is 10.4 Å². The first-order valence-corrected chi connectivity index (χ1v) is 6.50. The molecule has 0 atom stereocenters. The minimum absolute atomic E-state index is 0.289. The van der Waals surface area contributed by atoms with E-state index in [2.05, 4.69) is 11.1 Å². The van der Waals surface area contributed by atoms with Crippen LogP contribution in [0.25, 0.3) is 5.69 Å². The Kier molecular flexibility index (Phi) is 4.11. The van der Waals surface area contributed by atoms with E-state index in [-0.39, 0.29) is 6.61 Å². The summed E-state index contributed by atoms with van der Waals surface area (Å²) >= 11 is 1.32. The molecule has 1 amide bonds. The number of ether oxygens (including phenoxy) is 1. The lowest BCUT2D eigenvalue weighted by atomic mass is 10.2. The summed E-state index contributed by atoms with van der Waals surface area (Å²) < 4.78 is 6.52. The molecule has 2 rings (SSSR count). The topological polar surface area (TPSA) is 67.4 Å². The monoisotopic (exact) mass is 273 g/mol. The van der Waals surface area contributed by atoms with E-state index in [1.165, 1.54) is 11.3 Å². The summed E-state index contributed by atoms with van der Waals surface area (Å²) in [4.78, 5) is 15.8. The fourth-order valence-electron chi connectivity index (χ4n) is 1.51. The van der Waals surface area contributed by atoms with Crippen molar-refractivity contribution in [1.29, 1.82) is 5.26 Å². The van der Waals surface area contributed by atoms with Crippen molar-refractivity contribution in [2.75, 3.05) is 6.61 Å². The van der Waals surface area contributed by atoms with Crippen molar-refractivity contribution in [1.82, 2.24) is 4.57 Å². The number of amides is 1. The van der Waals surface area contributed by atoms with Crippen molar-refractivity contribution in [3.8, 4) is 11.8 Å². The van der Waals surface area contributed by atoms with Gasteiger partial charge < -0.3 is 4.74 Å². The molecule has 0 aliphatic heterocycles. The van der Waals surface area contributed by atoms with Gasteiger partial charge in [-0.25, -0.2) is 4.79 Å². The fourth-order valence-corrected chi connectivity index (χ4v) is 2.22. The number of rotatable bonds is 2. The van der Waals surface area contributed by atoms with Gasteiger partial charge in [0.25, 0.3) is 0 Å². The lowest BCUT2D eigenvalue weighted by Gasteiger charge is -2.02. The zero-order chi connectivity index (χ0) is 13.7. The molecule has 0 unspecified atom stereocenters. The number of carbonyl (C=O) groups is 1. The average molecular weight is 273 g/mol. The van der Waals surface area contributed by atoms with Gasteiger partial charge in [-0.05, 0) is 25.1 Å². The molecule has 6 heteroatoms. The molecule has 2 aromatic rings. The quantitative estimate of drug-likeness (QED) is 0.844. The number of hydrogen-bond donors (Lipinski definition) is 0. The van der Waals surface area contributed by atoms with Crippen molar-refractivity contribution < 1.29 is 9.53 Å². The van der Waals surface area contributed by atoms with Gasteiger partial charge in [-0.1, -0.05) is 6.07 Å². The lowest BCUT2D eigenvalue weighted by Crippen LogP contribution is -2.15. The molecule has 0 spiro atoms. The molecule has 0 radical (unpaired) electrons. The molecule has 0 aliphatic rings. The minimum atomic E-state index is -0.616. The van der Waals surface area contributed by atoms with Crippen molar-refractivity contribution in [2.24, 2.45) is 4.99 Å². The number of hydrogen-bond acceptors (Lipinski definition) is 4. The highest BCUT2D eigenvalue weighted by atomic mass is 32.1. The van der Waals surface area contributed by atoms with Crippen LogP contribution in [0.15, 0.2) is 40.8 Å². The summed E-state index contributed by atoms with van der Waals surface area (Å²) in [5, 5.41) is 10.7. The molecule has 1 heterocycles. The van der Waals surface area contributed by atoms with Gasteiger partial charge in [0.15, 0.2) is 0 Å². The van der Waals surface area contributed by atoms with Gasteiger partial charge in [0.2, 0.25) is 4.80 Å². The van der Waals surface area contributed by atoms with Crippen molar-refractivity contribution in [3.05, 3.63) is 46.2 Å². The third kappa shape index (κ3) is 3.09. The summed E-state index contributed by atoms with van der Waals surface area (Å²) in [6, 6.07) is 9.16. The molecule has 0 saturated heterocycles. The van der Waals surface area contributed by atoms with Gasteiger partial charge in [-0.15, -0.1) is 16.3 Å². The Morgan fingerprint density at radius 2 is 2.42 bits per heavy atom. The minimum Gasteiger partial charge on any atom is -0.448 e. The van der Waals surface area contributed by atoms with E-state index < -0.39 is 6.09 Å². The van der Waals surface area contributed by atoms with E-state index >= 15 is 0 Å². The van der Waals surface area contributed by atoms with Gasteiger partial charge in [0, 0.05) is 17.3 Å². The Morgan fingerprint density at radius 1 is 1.58 bits per heavy atom. The normalized spacial score (nSPS) is 11.1. The molecule has 1 aromatic carbocycles. The van der Waals surface area contributed by atoms with Crippen LogP contribution in [0, 0.1) is 11.3 Å². The molecule has 1 aromatic heterocycles. The first kappa shape index (κ1) is 13.1. The van der Waals surface area contributed by atoms with E-state index in [1.807, 2.05) is 11.4 Å². The maximum Gasteiger partial charge on any atom is 0.436 e. The molecule has 5 nitrogen and oxygen atoms in total. The van der Waals surface area contributed by atoms with Crippen molar-refractivity contribution in [2.45, 2.75) is 6.92 Å². The average Bonchev–Trinajstić information content (AvgIpc) is 2.87. The number of thiazole rings is 1. The van der Waals surface area contributed by atoms with Crippen molar-refractivity contribution >= 4 is 17.4 Å². The second-order valence-corrected chi connectivity index (χ2v) is 4.40. The zero-order valence-corrected chi connectivity index (χ0v) is 11.1. The Bertz CT molecular complexity index is 694. The van der Waals surface area contributed by atoms with E-state index in [9.17, 15) is 4.79 Å². The van der Waals surface area contributed by atoms with Gasteiger partial charge >= 0.3 is 6.09 Å². The summed E-state index contributed by atoms with van der Waals surface area (Å²) in [6.07, 6.45) is 1.18. The molecule has 96 valence electrons. The molecule has 0 bridgehead atoms. The fraction of sp³-hybridized carbons (Fsp3) is 0.154. The smallest absolute Gasteiger partial charge is 0.436 e. The van der Waals surface area contributed by atoms with E-state index in [1.54, 1.807) is 35.9 Å². The van der Waals surface area contributed by atoms with Crippen LogP contribution in [0.3, 0.4) is 0 Å². The van der Waals surface area contributed by atoms with Crippen LogP contribution < -0.4 is 4.80 Å². The van der Waals surface area contributed by atoms with Crippen molar-refractivity contribution in [3.63, 3.8) is 0 Å². The lowest BCUT2D eigenvalue weighted by molar-refractivity contribution is 0.162. The molecule has 0 aliphatic carbocycles. The predicted molar refractivity (Wildman–Crippen MR) is 70.9 cm³/mol. The third-order valence-corrected chi connectivity index (χ3v) is 3.05. The highest BCUT2D eigenvalue weighted by molar-refractivity contribution is 7.07. The summed E-state index contributed by atoms with van der Waals surface area (Å²) in [5.74, 6) is 0. The molecule has 0 N–H and O–H groups in total. The van der Waals surface area contributed by atoms with Crippen LogP contribution in [0.1, 0.15) is 12.5 Å². The van der Waals surface area contributed by atoms with Gasteiger partial charge in [0.05, 0.1) is 18.2 Å². The summed E-state index contributed by atoms with van der Waals surface area (Å²) in [6.45, 7) is 2.02. The Hall–Kier alpha value is -2.39. The second kappa shape index (κ2) is 5.98. The number of benzene rings is 1. The molecule has 0 saturated carbocycles. The third-order valence-electron chi connectivity index (χ3n) is 2.30. The van der Waals surface area contributed by atoms with Crippen LogP contribution in [0.5, 0.6) is 0 Å². The number of carbonyl (C=O) groups excluding carboxylic acids is 1. The number of aromatic nitrogens is 1. The Balaban J connectivity index is 2.44. The number of nitriles is 1. The van der Waals surface area contributed by atoms with Crippen LogP contribution in [-0.4, -0.2) is 17.3 Å². The maximum atomic E-state index is 11.4.